The van der Waals surface area contributed by atoms with Gasteiger partial charge in [-0.3, -0.25) is 4.79 Å². The van der Waals surface area contributed by atoms with Gasteiger partial charge in [0.2, 0.25) is 0 Å². The number of benzene rings is 1. The lowest BCUT2D eigenvalue weighted by Gasteiger charge is -2.40. The number of para-hydroxylation sites is 1. The van der Waals surface area contributed by atoms with Gasteiger partial charge in [-0.25, -0.2) is 10.0 Å². The van der Waals surface area contributed by atoms with Crippen LogP contribution in [-0.2, 0) is 0 Å². The molecule has 0 saturated carbocycles. The van der Waals surface area contributed by atoms with Crippen LogP contribution >= 0.6 is 10.0 Å². The smallest absolute Gasteiger partial charge is 0.270 e. The fraction of sp³-hybridized carbons (Fsp3) is 0.400. The van der Waals surface area contributed by atoms with E-state index in [2.05, 4.69) is 17.5 Å². The maximum Gasteiger partial charge on any atom is 0.270 e. The number of rotatable bonds is 1. The number of carbonyl (C=O) groups is 1. The first-order valence-electron chi connectivity index (χ1n) is 6.61. The van der Waals surface area contributed by atoms with Gasteiger partial charge in [-0.1, -0.05) is 18.2 Å². The van der Waals surface area contributed by atoms with Crippen molar-refractivity contribution in [2.45, 2.75) is 0 Å². The lowest BCUT2D eigenvalue weighted by Crippen LogP contribution is -2.42. The quantitative estimate of drug-likeness (QED) is 0.854. The molecule has 1 N–H and O–H groups in total. The van der Waals surface area contributed by atoms with Gasteiger partial charge in [-0.2, -0.15) is 0 Å². The van der Waals surface area contributed by atoms with Gasteiger partial charge in [-0.05, 0) is 36.1 Å². The van der Waals surface area contributed by atoms with Crippen LogP contribution in [0, 0.1) is 0 Å². The molecular weight excluding hydrogens is 256 g/mol. The van der Waals surface area contributed by atoms with Gasteiger partial charge in [-0.15, -0.1) is 0 Å². The van der Waals surface area contributed by atoms with Gasteiger partial charge in [0.1, 0.15) is 5.69 Å². The highest BCUT2D eigenvalue weighted by atomic mass is 32.3. The van der Waals surface area contributed by atoms with Crippen LogP contribution in [0.3, 0.4) is 0 Å². The van der Waals surface area contributed by atoms with E-state index >= 15 is 0 Å². The lowest BCUT2D eigenvalue weighted by atomic mass is 10.2. The number of nitrogens with zero attached hydrogens (tertiary/aromatic N) is 1. The summed E-state index contributed by atoms with van der Waals surface area (Å²) in [6.07, 6.45) is 4.72. The van der Waals surface area contributed by atoms with Crippen LogP contribution < -0.4 is 0 Å². The fourth-order valence-electron chi connectivity index (χ4n) is 2.49. The summed E-state index contributed by atoms with van der Waals surface area (Å²) in [5.41, 5.74) is 1.75. The Balaban J connectivity index is 1.80. The molecule has 1 aromatic carbocycles. The molecule has 3 nitrogen and oxygen atoms in total. The summed E-state index contributed by atoms with van der Waals surface area (Å²) < 4.78 is 0. The first-order chi connectivity index (χ1) is 9.05. The van der Waals surface area contributed by atoms with E-state index in [1.165, 1.54) is 11.5 Å². The first-order valence-corrected chi connectivity index (χ1v) is 9.40. The van der Waals surface area contributed by atoms with Crippen molar-refractivity contribution >= 4 is 26.8 Å². The number of amides is 1. The molecule has 0 atom stereocenters. The summed E-state index contributed by atoms with van der Waals surface area (Å²) in [7, 11) is -0.460. The summed E-state index contributed by atoms with van der Waals surface area (Å²) in [4.78, 5) is 17.7. The molecule has 0 spiro atoms. The van der Waals surface area contributed by atoms with Crippen LogP contribution in [0.15, 0.2) is 30.3 Å². The number of nitrogens with one attached hydrogen (secondary N) is 1. The molecule has 4 heteroatoms. The Morgan fingerprint density at radius 1 is 1.21 bits per heavy atom. The van der Waals surface area contributed by atoms with Crippen LogP contribution in [-0.4, -0.2) is 52.9 Å². The highest BCUT2D eigenvalue weighted by molar-refractivity contribution is 8.32. The SMILES string of the molecule is CS1(C)CCN(C(=O)c2cc3ccccc3[nH]2)CC1. The van der Waals surface area contributed by atoms with Crippen LogP contribution in [0.1, 0.15) is 10.5 Å². The normalized spacial score (nSPS) is 20.4. The fourth-order valence-corrected chi connectivity index (χ4v) is 4.12. The minimum Gasteiger partial charge on any atom is -0.351 e. The monoisotopic (exact) mass is 276 g/mol. The zero-order valence-electron chi connectivity index (χ0n) is 11.5. The Kier molecular flexibility index (Phi) is 3.05. The van der Waals surface area contributed by atoms with Crippen molar-refractivity contribution in [1.82, 2.24) is 9.88 Å². The van der Waals surface area contributed by atoms with Gasteiger partial charge in [0, 0.05) is 24.0 Å². The van der Waals surface area contributed by atoms with E-state index in [-0.39, 0.29) is 5.91 Å². The minimum absolute atomic E-state index is 0.145. The number of hydrogen-bond acceptors (Lipinski definition) is 1. The van der Waals surface area contributed by atoms with Crippen molar-refractivity contribution in [2.75, 3.05) is 37.1 Å². The maximum absolute atomic E-state index is 12.5. The Labute approximate surface area is 115 Å². The zero-order valence-corrected chi connectivity index (χ0v) is 12.3. The topological polar surface area (TPSA) is 36.1 Å². The van der Waals surface area contributed by atoms with Gasteiger partial charge in [0.05, 0.1) is 0 Å². The van der Waals surface area contributed by atoms with E-state index in [1.807, 2.05) is 35.2 Å². The third-order valence-corrected chi connectivity index (χ3v) is 6.45. The van der Waals surface area contributed by atoms with Crippen molar-refractivity contribution in [1.29, 1.82) is 0 Å². The second-order valence-corrected chi connectivity index (χ2v) is 10.1. The molecule has 1 amide bonds. The van der Waals surface area contributed by atoms with Crippen molar-refractivity contribution in [3.8, 4) is 0 Å². The third kappa shape index (κ3) is 2.50. The number of carbonyl (C=O) groups excluding carboxylic acids is 1. The van der Waals surface area contributed by atoms with E-state index < -0.39 is 10.0 Å². The Morgan fingerprint density at radius 3 is 2.58 bits per heavy atom. The van der Waals surface area contributed by atoms with Gasteiger partial charge < -0.3 is 9.88 Å². The molecule has 1 fully saturated rings. The van der Waals surface area contributed by atoms with E-state index in [1.54, 1.807) is 0 Å². The standard InChI is InChI=1S/C15H20N2OS/c1-19(2)9-7-17(8-10-19)15(18)14-11-12-5-3-4-6-13(12)16-14/h3-6,11,16H,7-10H2,1-2H3. The third-order valence-electron chi connectivity index (χ3n) is 3.88. The van der Waals surface area contributed by atoms with E-state index in [9.17, 15) is 4.79 Å². The molecule has 19 heavy (non-hydrogen) atoms. The average Bonchev–Trinajstić information content (AvgIpc) is 2.81. The van der Waals surface area contributed by atoms with Crippen molar-refractivity contribution in [3.63, 3.8) is 0 Å². The second-order valence-electron chi connectivity index (χ2n) is 5.74. The largest absolute Gasteiger partial charge is 0.351 e. The number of hydrogen-bond donors (Lipinski definition) is 1. The lowest BCUT2D eigenvalue weighted by molar-refractivity contribution is 0.0766. The Morgan fingerprint density at radius 2 is 1.89 bits per heavy atom. The molecule has 2 heterocycles. The molecule has 0 radical (unpaired) electrons. The summed E-state index contributed by atoms with van der Waals surface area (Å²) in [6, 6.07) is 9.99. The van der Waals surface area contributed by atoms with Crippen molar-refractivity contribution in [2.24, 2.45) is 0 Å². The van der Waals surface area contributed by atoms with Crippen LogP contribution in [0.25, 0.3) is 10.9 Å². The molecule has 102 valence electrons. The van der Waals surface area contributed by atoms with Gasteiger partial charge in [0.15, 0.2) is 0 Å². The molecule has 2 aromatic rings. The van der Waals surface area contributed by atoms with Crippen LogP contribution in [0.4, 0.5) is 0 Å². The van der Waals surface area contributed by atoms with Crippen molar-refractivity contribution in [3.05, 3.63) is 36.0 Å². The Hall–Kier alpha value is -1.42. The Bertz CT molecular complexity index is 574. The molecule has 1 aliphatic heterocycles. The van der Waals surface area contributed by atoms with Crippen LogP contribution in [0.2, 0.25) is 0 Å². The number of fused-ring (bicyclic) bond motifs is 1. The predicted molar refractivity (Wildman–Crippen MR) is 83.4 cm³/mol. The summed E-state index contributed by atoms with van der Waals surface area (Å²) in [6.45, 7) is 1.80. The number of aromatic nitrogens is 1. The predicted octanol–water partition coefficient (Wildman–Crippen LogP) is 2.69. The molecule has 0 aliphatic carbocycles. The van der Waals surface area contributed by atoms with E-state index in [0.717, 1.165) is 29.7 Å². The summed E-state index contributed by atoms with van der Waals surface area (Å²) in [5, 5.41) is 1.11. The molecule has 1 aliphatic rings. The van der Waals surface area contributed by atoms with E-state index in [4.69, 9.17) is 0 Å². The summed E-state index contributed by atoms with van der Waals surface area (Å²) in [5.74, 6) is 2.48. The molecule has 0 unspecified atom stereocenters. The molecule has 0 bridgehead atoms. The van der Waals surface area contributed by atoms with Crippen LogP contribution in [0.5, 0.6) is 0 Å². The molecule has 1 aromatic heterocycles. The second kappa shape index (κ2) is 4.60. The first kappa shape index (κ1) is 12.6. The molecule has 3 rings (SSSR count). The highest BCUT2D eigenvalue weighted by Crippen LogP contribution is 2.41. The van der Waals surface area contributed by atoms with Gasteiger partial charge in [0.25, 0.3) is 5.91 Å². The van der Waals surface area contributed by atoms with E-state index in [0.29, 0.717) is 0 Å². The number of aromatic amines is 1. The zero-order chi connectivity index (χ0) is 13.5. The average molecular weight is 276 g/mol. The van der Waals surface area contributed by atoms with Crippen molar-refractivity contribution < 1.29 is 4.79 Å². The highest BCUT2D eigenvalue weighted by Gasteiger charge is 2.25. The molecular formula is C15H20N2OS. The summed E-state index contributed by atoms with van der Waals surface area (Å²) >= 11 is 0. The minimum atomic E-state index is -0.460. The molecule has 1 saturated heterocycles. The maximum atomic E-state index is 12.5. The van der Waals surface area contributed by atoms with Gasteiger partial charge >= 0.3 is 0 Å². The number of H-pyrrole nitrogens is 1.